The molecule has 2 atom stereocenters. The maximum atomic E-state index is 14.4. The van der Waals surface area contributed by atoms with E-state index >= 15 is 0 Å². The van der Waals surface area contributed by atoms with E-state index < -0.39 is 18.2 Å². The van der Waals surface area contributed by atoms with Gasteiger partial charge in [-0.2, -0.15) is 13.9 Å². The van der Waals surface area contributed by atoms with Gasteiger partial charge in [0.2, 0.25) is 5.82 Å². The number of alkyl halides is 4. The highest BCUT2D eigenvalue weighted by Crippen LogP contribution is 2.49. The van der Waals surface area contributed by atoms with E-state index in [0.717, 1.165) is 28.9 Å². The van der Waals surface area contributed by atoms with Gasteiger partial charge in [-0.15, -0.1) is 10.2 Å². The Kier molecular flexibility index (Phi) is 4.77. The first kappa shape index (κ1) is 21.8. The maximum Gasteiger partial charge on any atom is 0.365 e. The van der Waals surface area contributed by atoms with Crippen LogP contribution in [-0.2, 0) is 13.0 Å². The number of rotatable bonds is 5. The number of aryl methyl sites for hydroxylation is 2. The van der Waals surface area contributed by atoms with E-state index in [4.69, 9.17) is 0 Å². The Hall–Kier alpha value is -3.70. The molecule has 12 heteroatoms. The van der Waals surface area contributed by atoms with Gasteiger partial charge in [-0.05, 0) is 49.4 Å². The minimum atomic E-state index is -4.37. The van der Waals surface area contributed by atoms with Gasteiger partial charge in [0.25, 0.3) is 0 Å². The van der Waals surface area contributed by atoms with Crippen LogP contribution in [0.5, 0.6) is 0 Å². The van der Waals surface area contributed by atoms with Crippen molar-refractivity contribution in [2.45, 2.75) is 50.6 Å². The van der Waals surface area contributed by atoms with Crippen molar-refractivity contribution in [1.82, 2.24) is 34.1 Å². The number of anilines is 2. The highest BCUT2D eigenvalue weighted by molar-refractivity contribution is 5.75. The normalized spacial score (nSPS) is 19.1. The summed E-state index contributed by atoms with van der Waals surface area (Å²) in [5, 5.41) is 14.9. The lowest BCUT2D eigenvalue weighted by molar-refractivity contribution is -0.143. The number of hydrogen-bond acceptors (Lipinski definition) is 5. The minimum absolute atomic E-state index is 0.0626. The lowest BCUT2D eigenvalue weighted by Crippen LogP contribution is -2.29. The predicted molar refractivity (Wildman–Crippen MR) is 120 cm³/mol. The Morgan fingerprint density at radius 1 is 1.14 bits per heavy atom. The van der Waals surface area contributed by atoms with Crippen LogP contribution >= 0.6 is 0 Å². The van der Waals surface area contributed by atoms with E-state index in [1.54, 1.807) is 17.1 Å². The molecule has 8 nitrogen and oxygen atoms in total. The van der Waals surface area contributed by atoms with Gasteiger partial charge in [0.15, 0.2) is 5.82 Å². The first-order valence-electron chi connectivity index (χ1n) is 11.3. The van der Waals surface area contributed by atoms with Crippen LogP contribution in [0.2, 0.25) is 0 Å². The van der Waals surface area contributed by atoms with E-state index in [0.29, 0.717) is 24.4 Å². The van der Waals surface area contributed by atoms with Crippen molar-refractivity contribution >= 4 is 11.6 Å². The molecule has 1 aliphatic carbocycles. The van der Waals surface area contributed by atoms with Crippen molar-refractivity contribution in [2.75, 3.05) is 5.32 Å². The van der Waals surface area contributed by atoms with E-state index in [1.165, 1.54) is 4.57 Å². The summed E-state index contributed by atoms with van der Waals surface area (Å²) in [4.78, 5) is 4.46. The topological polar surface area (TPSA) is 78.4 Å². The Balaban J connectivity index is 1.45. The standard InChI is InChI=1S/C23H22F4N8/c1-12-10-28-18(30-19-5-6-29-33(19)2)9-16(12)13-7-17-20-31-32-22(23(26,27)21(24)25)35(20)15-4-3-14(8-15)34(17)11-13/h5-7,9-11,14-15,21H,3-4,8H2,1-2H3,(H,28,30). The summed E-state index contributed by atoms with van der Waals surface area (Å²) in [6, 6.07) is 5.33. The summed E-state index contributed by atoms with van der Waals surface area (Å²) in [6.07, 6.45) is 3.47. The number of pyridine rings is 1. The van der Waals surface area contributed by atoms with Gasteiger partial charge in [0.05, 0.1) is 11.9 Å². The molecule has 4 aromatic rings. The third-order valence-electron chi connectivity index (χ3n) is 6.97. The Labute approximate surface area is 197 Å². The van der Waals surface area contributed by atoms with Gasteiger partial charge < -0.3 is 14.5 Å². The second-order valence-corrected chi connectivity index (χ2v) is 9.13. The first-order valence-corrected chi connectivity index (χ1v) is 11.3. The van der Waals surface area contributed by atoms with Crippen LogP contribution in [0.3, 0.4) is 0 Å². The van der Waals surface area contributed by atoms with Crippen LogP contribution in [0.25, 0.3) is 22.6 Å². The van der Waals surface area contributed by atoms with Crippen molar-refractivity contribution in [3.63, 3.8) is 0 Å². The first-order chi connectivity index (χ1) is 16.7. The minimum Gasteiger partial charge on any atom is -0.341 e. The maximum absolute atomic E-state index is 14.4. The molecule has 2 bridgehead atoms. The van der Waals surface area contributed by atoms with Crippen LogP contribution in [0.1, 0.15) is 42.7 Å². The number of nitrogens with one attached hydrogen (secondary N) is 1. The third kappa shape index (κ3) is 3.34. The molecule has 0 radical (unpaired) electrons. The molecule has 1 fully saturated rings. The van der Waals surface area contributed by atoms with Crippen LogP contribution in [0, 0.1) is 6.92 Å². The molecule has 4 aromatic heterocycles. The summed E-state index contributed by atoms with van der Waals surface area (Å²) >= 11 is 0. The van der Waals surface area contributed by atoms with Crippen molar-refractivity contribution in [3.05, 3.63) is 48.2 Å². The second kappa shape index (κ2) is 7.65. The second-order valence-electron chi connectivity index (χ2n) is 9.13. The zero-order valence-corrected chi connectivity index (χ0v) is 19.0. The molecule has 2 unspecified atom stereocenters. The summed E-state index contributed by atoms with van der Waals surface area (Å²) < 4.78 is 60.1. The van der Waals surface area contributed by atoms with Crippen molar-refractivity contribution in [2.24, 2.45) is 7.05 Å². The summed E-state index contributed by atoms with van der Waals surface area (Å²) in [7, 11) is 1.82. The molecule has 0 amide bonds. The van der Waals surface area contributed by atoms with Gasteiger partial charge in [0, 0.05) is 43.2 Å². The van der Waals surface area contributed by atoms with Crippen molar-refractivity contribution in [1.29, 1.82) is 0 Å². The number of halogens is 4. The SMILES string of the molecule is Cc1cnc(Nc2ccnn2C)cc1-c1cc2n(c1)C1CCC(C1)n1c-2nnc1C(F)(F)C(F)F. The van der Waals surface area contributed by atoms with E-state index in [1.807, 2.05) is 42.9 Å². The highest BCUT2D eigenvalue weighted by atomic mass is 19.3. The van der Waals surface area contributed by atoms with E-state index in [9.17, 15) is 17.6 Å². The average molecular weight is 486 g/mol. The average Bonchev–Trinajstić information content (AvgIpc) is 3.59. The molecule has 35 heavy (non-hydrogen) atoms. The molecule has 0 aromatic carbocycles. The monoisotopic (exact) mass is 486 g/mol. The predicted octanol–water partition coefficient (Wildman–Crippen LogP) is 5.23. The molecule has 0 spiro atoms. The van der Waals surface area contributed by atoms with Gasteiger partial charge in [-0.3, -0.25) is 4.68 Å². The summed E-state index contributed by atoms with van der Waals surface area (Å²) in [5.74, 6) is -3.75. The molecule has 0 saturated heterocycles. The fourth-order valence-electron chi connectivity index (χ4n) is 5.20. The summed E-state index contributed by atoms with van der Waals surface area (Å²) in [5.41, 5.74) is 3.28. The van der Waals surface area contributed by atoms with E-state index in [-0.39, 0.29) is 17.9 Å². The largest absolute Gasteiger partial charge is 0.365 e. The lowest BCUT2D eigenvalue weighted by Gasteiger charge is -2.20. The Bertz CT molecular complexity index is 1420. The van der Waals surface area contributed by atoms with Crippen LogP contribution in [-0.4, -0.2) is 40.5 Å². The molecule has 1 N–H and O–H groups in total. The fraction of sp³-hybridized carbons (Fsp3) is 0.391. The zero-order chi connectivity index (χ0) is 24.5. The van der Waals surface area contributed by atoms with Crippen LogP contribution in [0.4, 0.5) is 29.2 Å². The van der Waals surface area contributed by atoms with Crippen LogP contribution in [0.15, 0.2) is 36.8 Å². The number of aromatic nitrogens is 7. The summed E-state index contributed by atoms with van der Waals surface area (Å²) in [6.45, 7) is 1.94. The molecule has 1 aliphatic heterocycles. The zero-order valence-electron chi connectivity index (χ0n) is 19.0. The molecule has 182 valence electrons. The molecule has 5 heterocycles. The Morgan fingerprint density at radius 2 is 1.94 bits per heavy atom. The number of hydrogen-bond donors (Lipinski definition) is 1. The fourth-order valence-corrected chi connectivity index (χ4v) is 5.20. The lowest BCUT2D eigenvalue weighted by atomic mass is 10.1. The Morgan fingerprint density at radius 3 is 2.69 bits per heavy atom. The quantitative estimate of drug-likeness (QED) is 0.391. The van der Waals surface area contributed by atoms with Gasteiger partial charge in [0.1, 0.15) is 11.6 Å². The van der Waals surface area contributed by atoms with Gasteiger partial charge >= 0.3 is 12.3 Å². The van der Waals surface area contributed by atoms with Gasteiger partial charge in [-0.25, -0.2) is 13.8 Å². The smallest absolute Gasteiger partial charge is 0.341 e. The number of fused-ring (bicyclic) bond motifs is 7. The highest BCUT2D eigenvalue weighted by Gasteiger charge is 2.50. The van der Waals surface area contributed by atoms with Crippen LogP contribution < -0.4 is 5.32 Å². The van der Waals surface area contributed by atoms with Gasteiger partial charge in [-0.1, -0.05) is 0 Å². The molecule has 1 saturated carbocycles. The number of nitrogens with zero attached hydrogens (tertiary/aromatic N) is 7. The molecular weight excluding hydrogens is 464 g/mol. The molecular formula is C23H22F4N8. The van der Waals surface area contributed by atoms with E-state index in [2.05, 4.69) is 25.6 Å². The molecule has 2 aliphatic rings. The third-order valence-corrected chi connectivity index (χ3v) is 6.97. The van der Waals surface area contributed by atoms with Crippen molar-refractivity contribution < 1.29 is 17.6 Å². The molecule has 6 rings (SSSR count). The van der Waals surface area contributed by atoms with Crippen molar-refractivity contribution in [3.8, 4) is 22.6 Å².